The third-order valence-corrected chi connectivity index (χ3v) is 4.69. The number of likely N-dealkylation sites (N-methyl/N-ethyl adjacent to an activating group) is 1. The van der Waals surface area contributed by atoms with Gasteiger partial charge in [0.25, 0.3) is 5.91 Å². The molecule has 2 aromatic heterocycles. The van der Waals surface area contributed by atoms with Crippen LogP contribution in [0.4, 0.5) is 4.39 Å². The molecule has 0 saturated carbocycles. The number of carbonyl (C=O) groups excluding carboxylic acids is 1. The summed E-state index contributed by atoms with van der Waals surface area (Å²) in [6.45, 7) is 3.02. The van der Waals surface area contributed by atoms with Crippen LogP contribution in [-0.4, -0.2) is 63.3 Å². The lowest BCUT2D eigenvalue weighted by Crippen LogP contribution is -2.47. The van der Waals surface area contributed by atoms with Crippen molar-refractivity contribution in [2.24, 2.45) is 0 Å². The Kier molecular flexibility index (Phi) is 4.30. The van der Waals surface area contributed by atoms with Crippen LogP contribution in [0.2, 0.25) is 0 Å². The van der Waals surface area contributed by atoms with Crippen molar-refractivity contribution in [3.8, 4) is 11.5 Å². The molecule has 4 rings (SSSR count). The second kappa shape index (κ2) is 6.76. The maximum atomic E-state index is 14.3. The van der Waals surface area contributed by atoms with E-state index >= 15 is 0 Å². The van der Waals surface area contributed by atoms with E-state index in [1.54, 1.807) is 22.8 Å². The smallest absolute Gasteiger partial charge is 0.259 e. The van der Waals surface area contributed by atoms with Crippen LogP contribution in [0.3, 0.4) is 0 Å². The number of carbonyl (C=O) groups is 1. The first kappa shape index (κ1) is 16.5. The lowest BCUT2D eigenvalue weighted by atomic mass is 10.2. The fraction of sp³-hybridized carbons (Fsp3) is 0.263. The molecule has 134 valence electrons. The largest absolute Gasteiger partial charge is 0.336 e. The van der Waals surface area contributed by atoms with Gasteiger partial charge in [0.2, 0.25) is 0 Å². The first-order valence-corrected chi connectivity index (χ1v) is 8.59. The molecular formula is C19H20FN5O. The molecule has 6 nitrogen and oxygen atoms in total. The minimum Gasteiger partial charge on any atom is -0.336 e. The topological polar surface area (TPSA) is 46.3 Å². The van der Waals surface area contributed by atoms with E-state index in [4.69, 9.17) is 0 Å². The first-order chi connectivity index (χ1) is 12.6. The van der Waals surface area contributed by atoms with Crippen LogP contribution >= 0.6 is 0 Å². The predicted molar refractivity (Wildman–Crippen MR) is 96.2 cm³/mol. The van der Waals surface area contributed by atoms with Crippen LogP contribution in [0.25, 0.3) is 11.5 Å². The molecule has 1 aliphatic rings. The van der Waals surface area contributed by atoms with Crippen molar-refractivity contribution in [2.45, 2.75) is 0 Å². The van der Waals surface area contributed by atoms with Gasteiger partial charge in [0.15, 0.2) is 5.82 Å². The summed E-state index contributed by atoms with van der Waals surface area (Å²) >= 11 is 0. The van der Waals surface area contributed by atoms with Gasteiger partial charge in [0.1, 0.15) is 17.1 Å². The zero-order chi connectivity index (χ0) is 18.1. The van der Waals surface area contributed by atoms with Crippen molar-refractivity contribution in [3.05, 3.63) is 66.4 Å². The molecule has 1 fully saturated rings. The molecule has 26 heavy (non-hydrogen) atoms. The molecule has 7 heteroatoms. The molecule has 0 N–H and O–H groups in total. The molecule has 1 amide bonds. The lowest BCUT2D eigenvalue weighted by Gasteiger charge is -2.32. The SMILES string of the molecule is CN1CCN(C(=O)c2cnn(-c3ccccc3F)c2-n2cccc2)CC1. The van der Waals surface area contributed by atoms with E-state index in [1.807, 2.05) is 36.5 Å². The van der Waals surface area contributed by atoms with E-state index in [-0.39, 0.29) is 11.7 Å². The second-order valence-corrected chi connectivity index (χ2v) is 6.43. The molecular weight excluding hydrogens is 333 g/mol. The van der Waals surface area contributed by atoms with Crippen LogP contribution in [0.5, 0.6) is 0 Å². The van der Waals surface area contributed by atoms with E-state index in [0.29, 0.717) is 30.2 Å². The van der Waals surface area contributed by atoms with Crippen LogP contribution in [-0.2, 0) is 0 Å². The Morgan fingerprint density at radius 2 is 1.73 bits per heavy atom. The normalized spacial score (nSPS) is 15.4. The number of benzene rings is 1. The van der Waals surface area contributed by atoms with Gasteiger partial charge in [0, 0.05) is 38.6 Å². The van der Waals surface area contributed by atoms with Gasteiger partial charge in [-0.2, -0.15) is 5.10 Å². The maximum Gasteiger partial charge on any atom is 0.259 e. The number of hydrogen-bond acceptors (Lipinski definition) is 3. The number of nitrogens with zero attached hydrogens (tertiary/aromatic N) is 5. The number of para-hydroxylation sites is 1. The summed E-state index contributed by atoms with van der Waals surface area (Å²) in [5.74, 6) is 0.0796. The average Bonchev–Trinajstić information content (AvgIpc) is 3.31. The Bertz CT molecular complexity index is 910. The quantitative estimate of drug-likeness (QED) is 0.725. The monoisotopic (exact) mass is 353 g/mol. The third-order valence-electron chi connectivity index (χ3n) is 4.69. The van der Waals surface area contributed by atoms with Crippen LogP contribution in [0.1, 0.15) is 10.4 Å². The summed E-state index contributed by atoms with van der Waals surface area (Å²) in [7, 11) is 2.04. The Balaban J connectivity index is 1.79. The summed E-state index contributed by atoms with van der Waals surface area (Å²) < 4.78 is 17.6. The highest BCUT2D eigenvalue weighted by Gasteiger charge is 2.26. The summed E-state index contributed by atoms with van der Waals surface area (Å²) in [6.07, 6.45) is 5.19. The molecule has 3 heterocycles. The minimum absolute atomic E-state index is 0.0793. The molecule has 0 radical (unpaired) electrons. The highest BCUT2D eigenvalue weighted by Crippen LogP contribution is 2.23. The second-order valence-electron chi connectivity index (χ2n) is 6.43. The van der Waals surface area contributed by atoms with Gasteiger partial charge in [-0.15, -0.1) is 0 Å². The Morgan fingerprint density at radius 3 is 2.42 bits per heavy atom. The molecule has 0 bridgehead atoms. The number of halogens is 1. The minimum atomic E-state index is -0.386. The van der Waals surface area contributed by atoms with Crippen molar-refractivity contribution in [1.29, 1.82) is 0 Å². The first-order valence-electron chi connectivity index (χ1n) is 8.59. The lowest BCUT2D eigenvalue weighted by molar-refractivity contribution is 0.0664. The maximum absolute atomic E-state index is 14.3. The zero-order valence-corrected chi connectivity index (χ0v) is 14.5. The van der Waals surface area contributed by atoms with Gasteiger partial charge in [-0.05, 0) is 31.3 Å². The molecule has 0 unspecified atom stereocenters. The van der Waals surface area contributed by atoms with Crippen molar-refractivity contribution in [1.82, 2.24) is 24.1 Å². The summed E-state index contributed by atoms with van der Waals surface area (Å²) in [4.78, 5) is 17.1. The van der Waals surface area contributed by atoms with Crippen LogP contribution in [0.15, 0.2) is 55.0 Å². The van der Waals surface area contributed by atoms with Crippen molar-refractivity contribution >= 4 is 5.91 Å². The number of aromatic nitrogens is 3. The fourth-order valence-corrected chi connectivity index (χ4v) is 3.20. The summed E-state index contributed by atoms with van der Waals surface area (Å²) in [5.41, 5.74) is 0.780. The average molecular weight is 353 g/mol. The van der Waals surface area contributed by atoms with Gasteiger partial charge < -0.3 is 14.4 Å². The molecule has 3 aromatic rings. The molecule has 1 aromatic carbocycles. The van der Waals surface area contributed by atoms with Crippen LogP contribution in [0, 0.1) is 5.82 Å². The number of rotatable bonds is 3. The van der Waals surface area contributed by atoms with E-state index in [1.165, 1.54) is 16.9 Å². The molecule has 0 atom stereocenters. The Hall–Kier alpha value is -2.93. The summed E-state index contributed by atoms with van der Waals surface area (Å²) in [5, 5.41) is 4.33. The van der Waals surface area contributed by atoms with Gasteiger partial charge in [-0.1, -0.05) is 12.1 Å². The van der Waals surface area contributed by atoms with E-state index in [0.717, 1.165) is 13.1 Å². The zero-order valence-electron chi connectivity index (χ0n) is 14.5. The van der Waals surface area contributed by atoms with E-state index in [2.05, 4.69) is 10.00 Å². The Labute approximate surface area is 151 Å². The van der Waals surface area contributed by atoms with Gasteiger partial charge in [-0.25, -0.2) is 9.07 Å². The Morgan fingerprint density at radius 1 is 1.04 bits per heavy atom. The standard InChI is InChI=1S/C19H20FN5O/c1-22-10-12-24(13-11-22)19(26)15-14-21-25(17-7-3-2-6-16(17)20)18(15)23-8-4-5-9-23/h2-9,14H,10-13H2,1H3. The molecule has 1 aliphatic heterocycles. The third kappa shape index (κ3) is 2.90. The predicted octanol–water partition coefficient (Wildman–Crippen LogP) is 2.19. The number of hydrogen-bond donors (Lipinski definition) is 0. The highest BCUT2D eigenvalue weighted by molar-refractivity contribution is 5.97. The summed E-state index contributed by atoms with van der Waals surface area (Å²) in [6, 6.07) is 10.2. The molecule has 0 aliphatic carbocycles. The molecule has 0 spiro atoms. The van der Waals surface area contributed by atoms with Crippen molar-refractivity contribution in [3.63, 3.8) is 0 Å². The highest BCUT2D eigenvalue weighted by atomic mass is 19.1. The van der Waals surface area contributed by atoms with Gasteiger partial charge >= 0.3 is 0 Å². The van der Waals surface area contributed by atoms with Gasteiger partial charge in [-0.3, -0.25) is 4.79 Å². The van der Waals surface area contributed by atoms with Crippen molar-refractivity contribution < 1.29 is 9.18 Å². The number of amides is 1. The van der Waals surface area contributed by atoms with E-state index in [9.17, 15) is 9.18 Å². The molecule has 1 saturated heterocycles. The van der Waals surface area contributed by atoms with Gasteiger partial charge in [0.05, 0.1) is 6.20 Å². The number of piperazine rings is 1. The van der Waals surface area contributed by atoms with Crippen LogP contribution < -0.4 is 0 Å². The fourth-order valence-electron chi connectivity index (χ4n) is 3.20. The van der Waals surface area contributed by atoms with Crippen molar-refractivity contribution in [2.75, 3.05) is 33.2 Å². The van der Waals surface area contributed by atoms with E-state index < -0.39 is 0 Å².